The van der Waals surface area contributed by atoms with Crippen molar-refractivity contribution >= 4 is 64.7 Å². The minimum atomic E-state index is -1.78. The molecule has 0 aromatic heterocycles. The third kappa shape index (κ3) is 12.0. The molecule has 2 aromatic carbocycles. The molecule has 0 spiro atoms. The van der Waals surface area contributed by atoms with Gasteiger partial charge in [-0.1, -0.05) is 38.1 Å². The van der Waals surface area contributed by atoms with Crippen molar-refractivity contribution in [3.05, 3.63) is 59.2 Å². The number of anilines is 2. The highest BCUT2D eigenvalue weighted by Crippen LogP contribution is 2.33. The summed E-state index contributed by atoms with van der Waals surface area (Å²) in [5.74, 6) is -5.43. The summed E-state index contributed by atoms with van der Waals surface area (Å²) in [7, 11) is 0. The lowest BCUT2D eigenvalue weighted by Crippen LogP contribution is -2.47. The van der Waals surface area contributed by atoms with Gasteiger partial charge >= 0.3 is 23.8 Å². The molecule has 0 fully saturated rings. The highest BCUT2D eigenvalue weighted by Gasteiger charge is 2.30. The first-order valence-electron chi connectivity index (χ1n) is 15.5. The number of rotatable bonds is 19. The van der Waals surface area contributed by atoms with E-state index in [4.69, 9.17) is 0 Å². The van der Waals surface area contributed by atoms with Crippen LogP contribution in [-0.4, -0.2) is 87.0 Å². The molecule has 2 rings (SSSR count). The number of aryl methyl sites for hydroxylation is 1. The number of hydrogen-bond donors (Lipinski definition) is 6. The van der Waals surface area contributed by atoms with Crippen LogP contribution in [0.1, 0.15) is 67.9 Å². The fourth-order valence-electron chi connectivity index (χ4n) is 4.87. The molecule has 2 atom stereocenters. The van der Waals surface area contributed by atoms with Crippen LogP contribution in [0.3, 0.4) is 0 Å². The average molecular weight is 687 g/mol. The summed E-state index contributed by atoms with van der Waals surface area (Å²) >= 11 is 1.59. The molecule has 48 heavy (non-hydrogen) atoms. The van der Waals surface area contributed by atoms with Gasteiger partial charge in [0, 0.05) is 26.3 Å². The third-order valence-corrected chi connectivity index (χ3v) is 8.11. The van der Waals surface area contributed by atoms with Crippen LogP contribution in [0.4, 0.5) is 11.4 Å². The van der Waals surface area contributed by atoms with E-state index in [0.717, 1.165) is 10.7 Å². The molecular weight excluding hydrogens is 644 g/mol. The second-order valence-corrected chi connectivity index (χ2v) is 12.1. The zero-order valence-corrected chi connectivity index (χ0v) is 27.9. The van der Waals surface area contributed by atoms with Gasteiger partial charge in [-0.15, -0.1) is 0 Å². The van der Waals surface area contributed by atoms with Gasteiger partial charge in [-0.25, -0.2) is 14.4 Å². The van der Waals surface area contributed by atoms with Gasteiger partial charge in [0.2, 0.25) is 17.7 Å². The van der Waals surface area contributed by atoms with Gasteiger partial charge in [-0.2, -0.15) is 11.8 Å². The lowest BCUT2D eigenvalue weighted by molar-refractivity contribution is -0.148. The molecule has 2 aromatic rings. The molecule has 0 aliphatic heterocycles. The molecule has 0 unspecified atom stereocenters. The molecule has 6 N–H and O–H groups in total. The number of thioether (sulfide) groups is 1. The SMILES string of the molecule is CCSCC[C@@H](NC(=O)CCCCNC(=O)[C@H](Cc1ccc(N(C(=O)C(=O)O)c2ccccc2C(=O)O)c(CC)c1)NC(C)=O)C(=O)O. The van der Waals surface area contributed by atoms with Crippen molar-refractivity contribution in [1.29, 1.82) is 0 Å². The number of nitrogens with one attached hydrogen (secondary N) is 3. The Bertz CT molecular complexity index is 1500. The number of aliphatic carboxylic acids is 2. The maximum atomic E-state index is 13.1. The summed E-state index contributed by atoms with van der Waals surface area (Å²) in [6.45, 7) is 5.19. The van der Waals surface area contributed by atoms with E-state index in [1.807, 2.05) is 6.92 Å². The maximum Gasteiger partial charge on any atom is 0.395 e. The molecule has 260 valence electrons. The van der Waals surface area contributed by atoms with E-state index in [9.17, 15) is 48.9 Å². The van der Waals surface area contributed by atoms with Crippen molar-refractivity contribution in [3.63, 3.8) is 0 Å². The van der Waals surface area contributed by atoms with E-state index in [1.54, 1.807) is 30.8 Å². The van der Waals surface area contributed by atoms with Crippen molar-refractivity contribution < 1.29 is 48.9 Å². The van der Waals surface area contributed by atoms with Gasteiger partial charge in [-0.05, 0) is 66.5 Å². The number of unbranched alkanes of at least 4 members (excludes halogenated alkanes) is 1. The normalized spacial score (nSPS) is 11.9. The van der Waals surface area contributed by atoms with Crippen LogP contribution in [0.5, 0.6) is 0 Å². The minimum absolute atomic E-state index is 0.0482. The standard InChI is InChI=1S/C33H42N4O10S/c1-4-22-18-21(13-14-26(22)37(30(41)33(46)47)27-11-7-6-10-23(27)31(42)43)19-25(35-20(3)38)29(40)34-16-9-8-12-28(39)36-24(32(44)45)15-17-48-5-2/h6-7,10-11,13-14,18,24-25H,4-5,8-9,12,15-17,19H2,1-3H3,(H,34,40)(H,35,38)(H,36,39)(H,42,43)(H,44,45)(H,46,47)/t24-,25+/m1/s1. The maximum absolute atomic E-state index is 13.1. The molecular formula is C33H42N4O10S. The summed E-state index contributed by atoms with van der Waals surface area (Å²) in [5.41, 5.74) is 0.840. The van der Waals surface area contributed by atoms with Gasteiger partial charge in [0.15, 0.2) is 0 Å². The fourth-order valence-corrected chi connectivity index (χ4v) is 5.56. The van der Waals surface area contributed by atoms with Gasteiger partial charge in [0.1, 0.15) is 12.1 Å². The number of carbonyl (C=O) groups excluding carboxylic acids is 4. The summed E-state index contributed by atoms with van der Waals surface area (Å²) < 4.78 is 0. The Hall–Kier alpha value is -4.92. The van der Waals surface area contributed by atoms with Crippen molar-refractivity contribution in [2.24, 2.45) is 0 Å². The largest absolute Gasteiger partial charge is 0.480 e. The number of benzene rings is 2. The predicted molar refractivity (Wildman–Crippen MR) is 179 cm³/mol. The zero-order chi connectivity index (χ0) is 35.8. The van der Waals surface area contributed by atoms with E-state index in [-0.39, 0.29) is 36.3 Å². The summed E-state index contributed by atoms with van der Waals surface area (Å²) in [5, 5.41) is 36.4. The van der Waals surface area contributed by atoms with Crippen LogP contribution in [0, 0.1) is 0 Å². The molecule has 0 aliphatic rings. The number of hydrogen-bond acceptors (Lipinski definition) is 8. The quantitative estimate of drug-likeness (QED) is 0.0932. The molecule has 0 saturated heterocycles. The van der Waals surface area contributed by atoms with Crippen LogP contribution < -0.4 is 20.9 Å². The van der Waals surface area contributed by atoms with Crippen LogP contribution in [0.15, 0.2) is 42.5 Å². The van der Waals surface area contributed by atoms with Crippen LogP contribution in [0.2, 0.25) is 0 Å². The molecule has 14 nitrogen and oxygen atoms in total. The minimum Gasteiger partial charge on any atom is -0.480 e. The van der Waals surface area contributed by atoms with Gasteiger partial charge in [0.25, 0.3) is 0 Å². The summed E-state index contributed by atoms with van der Waals surface area (Å²) in [6.07, 6.45) is 1.59. The lowest BCUT2D eigenvalue weighted by Gasteiger charge is -2.26. The van der Waals surface area contributed by atoms with E-state index in [0.29, 0.717) is 42.6 Å². The first-order valence-corrected chi connectivity index (χ1v) is 16.6. The van der Waals surface area contributed by atoms with Crippen LogP contribution >= 0.6 is 11.8 Å². The number of amides is 4. The number of nitrogens with zero attached hydrogens (tertiary/aromatic N) is 1. The number of carboxylic acid groups (broad SMARTS) is 3. The molecule has 0 saturated carbocycles. The van der Waals surface area contributed by atoms with Crippen molar-refractivity contribution in [2.75, 3.05) is 23.0 Å². The van der Waals surface area contributed by atoms with E-state index in [1.165, 1.54) is 37.3 Å². The first-order chi connectivity index (χ1) is 22.8. The van der Waals surface area contributed by atoms with Crippen molar-refractivity contribution in [1.82, 2.24) is 16.0 Å². The summed E-state index contributed by atoms with van der Waals surface area (Å²) in [6, 6.07) is 8.28. The first kappa shape index (κ1) is 39.3. The van der Waals surface area contributed by atoms with Crippen LogP contribution in [0.25, 0.3) is 0 Å². The Balaban J connectivity index is 2.13. The number of carboxylic acids is 3. The van der Waals surface area contributed by atoms with E-state index >= 15 is 0 Å². The molecule has 0 radical (unpaired) electrons. The highest BCUT2D eigenvalue weighted by molar-refractivity contribution is 7.99. The smallest absolute Gasteiger partial charge is 0.395 e. The van der Waals surface area contributed by atoms with Crippen LogP contribution in [-0.2, 0) is 41.6 Å². The lowest BCUT2D eigenvalue weighted by atomic mass is 9.99. The fraction of sp³-hybridized carbons (Fsp3) is 0.424. The second kappa shape index (κ2) is 19.7. The molecule has 4 amide bonds. The summed E-state index contributed by atoms with van der Waals surface area (Å²) in [4.78, 5) is 86.0. The highest BCUT2D eigenvalue weighted by atomic mass is 32.2. The van der Waals surface area contributed by atoms with E-state index < -0.39 is 53.6 Å². The number of aromatic carboxylic acids is 1. The number of carbonyl (C=O) groups is 7. The third-order valence-electron chi connectivity index (χ3n) is 7.18. The Labute approximate surface area is 282 Å². The molecule has 0 heterocycles. The molecule has 0 aliphatic carbocycles. The number of para-hydroxylation sites is 1. The molecule has 15 heteroatoms. The van der Waals surface area contributed by atoms with Crippen molar-refractivity contribution in [2.45, 2.75) is 71.4 Å². The Morgan fingerprint density at radius 2 is 1.58 bits per heavy atom. The monoisotopic (exact) mass is 686 g/mol. The zero-order valence-electron chi connectivity index (χ0n) is 27.1. The Morgan fingerprint density at radius 1 is 0.875 bits per heavy atom. The Morgan fingerprint density at radius 3 is 2.19 bits per heavy atom. The molecule has 0 bridgehead atoms. The topological polar surface area (TPSA) is 220 Å². The predicted octanol–water partition coefficient (Wildman–Crippen LogP) is 2.74. The van der Waals surface area contributed by atoms with Gasteiger partial charge < -0.3 is 31.3 Å². The Kier molecular flexibility index (Phi) is 16.1. The van der Waals surface area contributed by atoms with Crippen molar-refractivity contribution in [3.8, 4) is 0 Å². The van der Waals surface area contributed by atoms with Gasteiger partial charge in [-0.3, -0.25) is 24.1 Å². The van der Waals surface area contributed by atoms with Gasteiger partial charge in [0.05, 0.1) is 16.9 Å². The second-order valence-electron chi connectivity index (χ2n) is 10.7. The van der Waals surface area contributed by atoms with E-state index in [2.05, 4.69) is 16.0 Å². The average Bonchev–Trinajstić information content (AvgIpc) is 3.04.